The first-order valence-corrected chi connectivity index (χ1v) is 10.6. The largest absolute Gasteiger partial charge is 0.481 e. The van der Waals surface area contributed by atoms with Crippen LogP contribution in [0.4, 0.5) is 0 Å². The SMILES string of the molecule is CCCCCCCC(C(C)CC)(C(C)CC)C(CC(C)C(=O)O)C(=O)O. The molecule has 4 atom stereocenters. The van der Waals surface area contributed by atoms with E-state index in [1.54, 1.807) is 6.92 Å². The quantitative estimate of drug-likeness (QED) is 0.335. The van der Waals surface area contributed by atoms with E-state index in [0.717, 1.165) is 32.1 Å². The van der Waals surface area contributed by atoms with Gasteiger partial charge in [-0.05, 0) is 30.1 Å². The molecule has 0 heterocycles. The van der Waals surface area contributed by atoms with Gasteiger partial charge < -0.3 is 10.2 Å². The van der Waals surface area contributed by atoms with Crippen molar-refractivity contribution in [3.63, 3.8) is 0 Å². The Kier molecular flexibility index (Phi) is 11.8. The molecule has 0 aliphatic carbocycles. The highest BCUT2D eigenvalue weighted by Gasteiger charge is 2.49. The molecule has 0 aromatic rings. The summed E-state index contributed by atoms with van der Waals surface area (Å²) >= 11 is 0. The lowest BCUT2D eigenvalue weighted by Crippen LogP contribution is -2.47. The molecule has 0 spiro atoms. The zero-order valence-corrected chi connectivity index (χ0v) is 17.9. The molecule has 2 N–H and O–H groups in total. The molecule has 0 aromatic heterocycles. The third-order valence-electron chi connectivity index (χ3n) is 6.73. The number of carboxylic acids is 2. The zero-order chi connectivity index (χ0) is 20.3. The van der Waals surface area contributed by atoms with Gasteiger partial charge in [0.15, 0.2) is 0 Å². The number of rotatable bonds is 15. The molecule has 0 saturated heterocycles. The molecule has 0 rings (SSSR count). The highest BCUT2D eigenvalue weighted by molar-refractivity contribution is 5.74. The molecule has 0 bridgehead atoms. The first-order valence-electron chi connectivity index (χ1n) is 10.6. The lowest BCUT2D eigenvalue weighted by molar-refractivity contribution is -0.155. The standard InChI is InChI=1S/C22H42O4/c1-7-10-11-12-13-14-22(17(5)8-2,18(6)9-3)19(21(25)26)15-16(4)20(23)24/h16-19H,7-15H2,1-6H3,(H,23,24)(H,25,26). The summed E-state index contributed by atoms with van der Waals surface area (Å²) in [6.45, 7) is 12.4. The van der Waals surface area contributed by atoms with Gasteiger partial charge in [0.25, 0.3) is 0 Å². The third-order valence-corrected chi connectivity index (χ3v) is 6.73. The summed E-state index contributed by atoms with van der Waals surface area (Å²) in [6.07, 6.45) is 8.70. The molecular formula is C22H42O4. The fraction of sp³-hybridized carbons (Fsp3) is 0.909. The number of hydrogen-bond acceptors (Lipinski definition) is 2. The monoisotopic (exact) mass is 370 g/mol. The molecule has 0 aromatic carbocycles. The van der Waals surface area contributed by atoms with Crippen LogP contribution in [-0.4, -0.2) is 22.2 Å². The van der Waals surface area contributed by atoms with E-state index in [1.165, 1.54) is 19.3 Å². The van der Waals surface area contributed by atoms with Crippen LogP contribution < -0.4 is 0 Å². The average molecular weight is 371 g/mol. The van der Waals surface area contributed by atoms with Gasteiger partial charge in [0.2, 0.25) is 0 Å². The van der Waals surface area contributed by atoms with E-state index in [0.29, 0.717) is 0 Å². The lowest BCUT2D eigenvalue weighted by Gasteiger charge is -2.48. The van der Waals surface area contributed by atoms with Crippen LogP contribution in [0.5, 0.6) is 0 Å². The van der Waals surface area contributed by atoms with Crippen LogP contribution in [0.25, 0.3) is 0 Å². The number of hydrogen-bond donors (Lipinski definition) is 2. The molecular weight excluding hydrogens is 328 g/mol. The molecule has 0 amide bonds. The van der Waals surface area contributed by atoms with Gasteiger partial charge in [-0.25, -0.2) is 0 Å². The zero-order valence-electron chi connectivity index (χ0n) is 17.9. The van der Waals surface area contributed by atoms with E-state index in [4.69, 9.17) is 0 Å². The van der Waals surface area contributed by atoms with Crippen molar-refractivity contribution in [1.82, 2.24) is 0 Å². The topological polar surface area (TPSA) is 74.6 Å². The summed E-state index contributed by atoms with van der Waals surface area (Å²) in [7, 11) is 0. The summed E-state index contributed by atoms with van der Waals surface area (Å²) in [5.41, 5.74) is -0.342. The molecule has 26 heavy (non-hydrogen) atoms. The maximum Gasteiger partial charge on any atom is 0.307 e. The molecule has 4 nitrogen and oxygen atoms in total. The van der Waals surface area contributed by atoms with E-state index < -0.39 is 23.8 Å². The van der Waals surface area contributed by atoms with Gasteiger partial charge in [-0.1, -0.05) is 86.5 Å². The number of aliphatic carboxylic acids is 2. The normalized spacial score (nSPS) is 18.5. The Morgan fingerprint density at radius 1 is 0.808 bits per heavy atom. The van der Waals surface area contributed by atoms with Gasteiger partial charge in [0.1, 0.15) is 0 Å². The second kappa shape index (κ2) is 12.3. The minimum atomic E-state index is -0.901. The van der Waals surface area contributed by atoms with Crippen LogP contribution >= 0.6 is 0 Å². The minimum absolute atomic E-state index is 0.217. The van der Waals surface area contributed by atoms with Gasteiger partial charge in [-0.3, -0.25) is 9.59 Å². The van der Waals surface area contributed by atoms with Gasteiger partial charge in [-0.2, -0.15) is 0 Å². The van der Waals surface area contributed by atoms with Crippen molar-refractivity contribution in [3.8, 4) is 0 Å². The Morgan fingerprint density at radius 2 is 1.31 bits per heavy atom. The molecule has 154 valence electrons. The minimum Gasteiger partial charge on any atom is -0.481 e. The van der Waals surface area contributed by atoms with Crippen LogP contribution in [0.2, 0.25) is 0 Å². The summed E-state index contributed by atoms with van der Waals surface area (Å²) in [6, 6.07) is 0. The van der Waals surface area contributed by atoms with E-state index in [9.17, 15) is 19.8 Å². The first kappa shape index (κ1) is 24.9. The van der Waals surface area contributed by atoms with Crippen molar-refractivity contribution in [2.75, 3.05) is 0 Å². The Balaban J connectivity index is 5.77. The van der Waals surface area contributed by atoms with Crippen molar-refractivity contribution >= 4 is 11.9 Å². The van der Waals surface area contributed by atoms with E-state index in [1.807, 2.05) is 0 Å². The van der Waals surface area contributed by atoms with Gasteiger partial charge in [0, 0.05) is 0 Å². The lowest BCUT2D eigenvalue weighted by atomic mass is 9.55. The van der Waals surface area contributed by atoms with Crippen LogP contribution in [0.3, 0.4) is 0 Å². The summed E-state index contributed by atoms with van der Waals surface area (Å²) in [5, 5.41) is 19.4. The van der Waals surface area contributed by atoms with Crippen molar-refractivity contribution in [1.29, 1.82) is 0 Å². The third kappa shape index (κ3) is 6.59. The van der Waals surface area contributed by atoms with Crippen molar-refractivity contribution < 1.29 is 19.8 Å². The molecule has 0 aliphatic heterocycles. The van der Waals surface area contributed by atoms with Crippen molar-refractivity contribution in [2.24, 2.45) is 29.1 Å². The second-order valence-electron chi connectivity index (χ2n) is 8.26. The van der Waals surface area contributed by atoms with Gasteiger partial charge >= 0.3 is 11.9 Å². The van der Waals surface area contributed by atoms with E-state index in [2.05, 4.69) is 34.6 Å². The van der Waals surface area contributed by atoms with E-state index in [-0.39, 0.29) is 23.7 Å². The predicted molar refractivity (Wildman–Crippen MR) is 107 cm³/mol. The number of carboxylic acid groups (broad SMARTS) is 2. The molecule has 0 radical (unpaired) electrons. The Labute approximate surface area is 160 Å². The molecule has 4 heteroatoms. The van der Waals surface area contributed by atoms with Gasteiger partial charge in [0.05, 0.1) is 11.8 Å². The highest BCUT2D eigenvalue weighted by atomic mass is 16.4. The van der Waals surface area contributed by atoms with E-state index >= 15 is 0 Å². The van der Waals surface area contributed by atoms with Gasteiger partial charge in [-0.15, -0.1) is 0 Å². The number of carbonyl (C=O) groups is 2. The Morgan fingerprint density at radius 3 is 1.69 bits per heavy atom. The maximum absolute atomic E-state index is 12.3. The van der Waals surface area contributed by atoms with Crippen LogP contribution in [-0.2, 0) is 9.59 Å². The fourth-order valence-electron chi connectivity index (χ4n) is 4.64. The van der Waals surface area contributed by atoms with Crippen molar-refractivity contribution in [2.45, 2.75) is 99.3 Å². The Bertz CT molecular complexity index is 408. The van der Waals surface area contributed by atoms with Crippen LogP contribution in [0, 0.1) is 29.1 Å². The van der Waals surface area contributed by atoms with Crippen LogP contribution in [0.15, 0.2) is 0 Å². The second-order valence-corrected chi connectivity index (χ2v) is 8.26. The summed E-state index contributed by atoms with van der Waals surface area (Å²) < 4.78 is 0. The molecule has 0 saturated carbocycles. The Hall–Kier alpha value is -1.06. The highest BCUT2D eigenvalue weighted by Crippen LogP contribution is 2.52. The van der Waals surface area contributed by atoms with Crippen LogP contribution in [0.1, 0.15) is 99.3 Å². The average Bonchev–Trinajstić information content (AvgIpc) is 2.61. The molecule has 0 fully saturated rings. The summed E-state index contributed by atoms with van der Waals surface area (Å²) in [4.78, 5) is 23.7. The first-order chi connectivity index (χ1) is 12.2. The molecule has 0 aliphatic rings. The fourth-order valence-corrected chi connectivity index (χ4v) is 4.64. The molecule has 4 unspecified atom stereocenters. The maximum atomic E-state index is 12.3. The predicted octanol–water partition coefficient (Wildman–Crippen LogP) is 6.24. The summed E-state index contributed by atoms with van der Waals surface area (Å²) in [5.74, 6) is -2.46. The smallest absolute Gasteiger partial charge is 0.307 e. The number of unbranched alkanes of at least 4 members (excludes halogenated alkanes) is 4. The van der Waals surface area contributed by atoms with Crippen molar-refractivity contribution in [3.05, 3.63) is 0 Å².